The molecule has 6 heteroatoms. The summed E-state index contributed by atoms with van der Waals surface area (Å²) in [6.07, 6.45) is 0. The topological polar surface area (TPSA) is 65.8 Å². The summed E-state index contributed by atoms with van der Waals surface area (Å²) < 4.78 is 21.1. The lowest BCUT2D eigenvalue weighted by molar-refractivity contribution is 0.324. The molecule has 0 amide bonds. The first-order valence-corrected chi connectivity index (χ1v) is 6.56. The van der Waals surface area contributed by atoms with Gasteiger partial charge in [0.05, 0.1) is 27.0 Å². The number of aromatic nitrogens is 1. The van der Waals surface area contributed by atoms with E-state index >= 15 is 0 Å². The molecular formula is C15H20N2O4. The highest BCUT2D eigenvalue weighted by molar-refractivity contribution is 5.62. The summed E-state index contributed by atoms with van der Waals surface area (Å²) in [4.78, 5) is 0. The zero-order chi connectivity index (χ0) is 15.4. The fraction of sp³-hybridized carbons (Fsp3) is 0.400. The van der Waals surface area contributed by atoms with Gasteiger partial charge in [0.1, 0.15) is 5.76 Å². The number of aryl methyl sites for hydroxylation is 2. The molecule has 0 aliphatic rings. The Morgan fingerprint density at radius 3 is 2.10 bits per heavy atom. The fourth-order valence-electron chi connectivity index (χ4n) is 2.13. The molecule has 0 unspecified atom stereocenters. The Morgan fingerprint density at radius 2 is 1.67 bits per heavy atom. The molecule has 0 atom stereocenters. The zero-order valence-corrected chi connectivity index (χ0v) is 12.9. The van der Waals surface area contributed by atoms with Crippen molar-refractivity contribution < 1.29 is 18.7 Å². The van der Waals surface area contributed by atoms with Gasteiger partial charge in [-0.3, -0.25) is 0 Å². The van der Waals surface area contributed by atoms with Gasteiger partial charge in [-0.25, -0.2) is 0 Å². The van der Waals surface area contributed by atoms with Crippen molar-refractivity contribution in [1.82, 2.24) is 5.16 Å². The summed E-state index contributed by atoms with van der Waals surface area (Å²) in [5, 5.41) is 7.25. The van der Waals surface area contributed by atoms with Gasteiger partial charge in [0.25, 0.3) is 0 Å². The Labute approximate surface area is 124 Å². The maximum absolute atomic E-state index is 5.33. The fourth-order valence-corrected chi connectivity index (χ4v) is 2.13. The second-order valence-electron chi connectivity index (χ2n) is 4.57. The third-order valence-electron chi connectivity index (χ3n) is 3.32. The van der Waals surface area contributed by atoms with E-state index in [1.54, 1.807) is 21.3 Å². The van der Waals surface area contributed by atoms with Gasteiger partial charge in [0, 0.05) is 29.9 Å². The van der Waals surface area contributed by atoms with Crippen LogP contribution in [0.15, 0.2) is 16.7 Å². The van der Waals surface area contributed by atoms with Gasteiger partial charge < -0.3 is 24.1 Å². The van der Waals surface area contributed by atoms with Gasteiger partial charge in [-0.2, -0.15) is 0 Å². The van der Waals surface area contributed by atoms with Gasteiger partial charge in [-0.15, -0.1) is 0 Å². The Balaban J connectivity index is 2.24. The van der Waals surface area contributed by atoms with Crippen LogP contribution in [0, 0.1) is 13.8 Å². The number of benzene rings is 1. The Kier molecular flexibility index (Phi) is 4.57. The van der Waals surface area contributed by atoms with Crippen molar-refractivity contribution in [1.29, 1.82) is 0 Å². The summed E-state index contributed by atoms with van der Waals surface area (Å²) >= 11 is 0. The first kappa shape index (κ1) is 15.0. The standard InChI is InChI=1S/C15H20N2O4/c1-9-12(10(2)21-17-9)8-16-11-6-13(18-3)15(20-5)14(7-11)19-4/h6-7,16H,8H2,1-5H3. The van der Waals surface area contributed by atoms with Crippen LogP contribution < -0.4 is 19.5 Å². The molecule has 2 rings (SSSR count). The molecule has 1 N–H and O–H groups in total. The van der Waals surface area contributed by atoms with Crippen LogP contribution in [0.5, 0.6) is 17.2 Å². The van der Waals surface area contributed by atoms with Gasteiger partial charge in [0.2, 0.25) is 5.75 Å². The van der Waals surface area contributed by atoms with E-state index in [1.165, 1.54) is 0 Å². The number of ether oxygens (including phenoxy) is 3. The second kappa shape index (κ2) is 6.39. The predicted molar refractivity (Wildman–Crippen MR) is 79.4 cm³/mol. The summed E-state index contributed by atoms with van der Waals surface area (Å²) in [5.74, 6) is 2.60. The van der Waals surface area contributed by atoms with E-state index in [0.717, 1.165) is 22.7 Å². The van der Waals surface area contributed by atoms with E-state index in [1.807, 2.05) is 26.0 Å². The average molecular weight is 292 g/mol. The van der Waals surface area contributed by atoms with Crippen molar-refractivity contribution >= 4 is 5.69 Å². The molecule has 2 aromatic rings. The van der Waals surface area contributed by atoms with E-state index in [0.29, 0.717) is 23.8 Å². The van der Waals surface area contributed by atoms with Crippen LogP contribution in [-0.2, 0) is 6.54 Å². The van der Waals surface area contributed by atoms with Crippen LogP contribution in [0.1, 0.15) is 17.0 Å². The lowest BCUT2D eigenvalue weighted by Gasteiger charge is -2.15. The highest BCUT2D eigenvalue weighted by Crippen LogP contribution is 2.40. The molecule has 0 saturated carbocycles. The van der Waals surface area contributed by atoms with Crippen molar-refractivity contribution in [2.45, 2.75) is 20.4 Å². The quantitative estimate of drug-likeness (QED) is 0.883. The monoisotopic (exact) mass is 292 g/mol. The van der Waals surface area contributed by atoms with Crippen molar-refractivity contribution in [2.75, 3.05) is 26.6 Å². The minimum Gasteiger partial charge on any atom is -0.493 e. The van der Waals surface area contributed by atoms with E-state index in [4.69, 9.17) is 18.7 Å². The normalized spacial score (nSPS) is 10.3. The van der Waals surface area contributed by atoms with Crippen LogP contribution in [0.4, 0.5) is 5.69 Å². The molecular weight excluding hydrogens is 272 g/mol. The van der Waals surface area contributed by atoms with Crippen LogP contribution in [-0.4, -0.2) is 26.5 Å². The molecule has 0 bridgehead atoms. The van der Waals surface area contributed by atoms with Gasteiger partial charge in [-0.05, 0) is 13.8 Å². The molecule has 114 valence electrons. The first-order valence-electron chi connectivity index (χ1n) is 6.56. The van der Waals surface area contributed by atoms with Gasteiger partial charge in [-0.1, -0.05) is 5.16 Å². The second-order valence-corrected chi connectivity index (χ2v) is 4.57. The maximum atomic E-state index is 5.33. The highest BCUT2D eigenvalue weighted by Gasteiger charge is 2.14. The molecule has 6 nitrogen and oxygen atoms in total. The minimum atomic E-state index is 0.572. The Hall–Kier alpha value is -2.37. The predicted octanol–water partition coefficient (Wildman–Crippen LogP) is 2.93. The maximum Gasteiger partial charge on any atom is 0.203 e. The zero-order valence-electron chi connectivity index (χ0n) is 12.9. The van der Waals surface area contributed by atoms with Crippen LogP contribution in [0.3, 0.4) is 0 Å². The number of methoxy groups -OCH3 is 3. The largest absolute Gasteiger partial charge is 0.493 e. The number of anilines is 1. The van der Waals surface area contributed by atoms with Crippen molar-refractivity contribution in [3.8, 4) is 17.2 Å². The smallest absolute Gasteiger partial charge is 0.203 e. The van der Waals surface area contributed by atoms with Crippen LogP contribution in [0.25, 0.3) is 0 Å². The van der Waals surface area contributed by atoms with Crippen molar-refractivity contribution in [3.63, 3.8) is 0 Å². The van der Waals surface area contributed by atoms with Gasteiger partial charge >= 0.3 is 0 Å². The third-order valence-corrected chi connectivity index (χ3v) is 3.32. The lowest BCUT2D eigenvalue weighted by atomic mass is 10.2. The molecule has 0 saturated heterocycles. The van der Waals surface area contributed by atoms with Crippen LogP contribution >= 0.6 is 0 Å². The van der Waals surface area contributed by atoms with Crippen molar-refractivity contribution in [3.05, 3.63) is 29.2 Å². The molecule has 21 heavy (non-hydrogen) atoms. The Morgan fingerprint density at radius 1 is 1.05 bits per heavy atom. The molecule has 0 aliphatic heterocycles. The van der Waals surface area contributed by atoms with E-state index in [9.17, 15) is 0 Å². The molecule has 1 heterocycles. The SMILES string of the molecule is COc1cc(NCc2c(C)noc2C)cc(OC)c1OC. The molecule has 1 aromatic carbocycles. The summed E-state index contributed by atoms with van der Waals surface area (Å²) in [7, 11) is 4.77. The number of nitrogens with zero attached hydrogens (tertiary/aromatic N) is 1. The summed E-state index contributed by atoms with van der Waals surface area (Å²) in [6.45, 7) is 4.43. The highest BCUT2D eigenvalue weighted by atomic mass is 16.5. The number of nitrogens with one attached hydrogen (secondary N) is 1. The van der Waals surface area contributed by atoms with E-state index in [2.05, 4.69) is 10.5 Å². The number of hydrogen-bond acceptors (Lipinski definition) is 6. The third kappa shape index (κ3) is 3.04. The van der Waals surface area contributed by atoms with E-state index in [-0.39, 0.29) is 0 Å². The summed E-state index contributed by atoms with van der Waals surface area (Å²) in [6, 6.07) is 3.72. The van der Waals surface area contributed by atoms with E-state index < -0.39 is 0 Å². The molecule has 0 spiro atoms. The molecule has 0 radical (unpaired) electrons. The first-order chi connectivity index (χ1) is 10.1. The number of hydrogen-bond donors (Lipinski definition) is 1. The Bertz CT molecular complexity index is 578. The average Bonchev–Trinajstić information content (AvgIpc) is 2.82. The molecule has 0 aliphatic carbocycles. The number of rotatable bonds is 6. The van der Waals surface area contributed by atoms with Crippen molar-refractivity contribution in [2.24, 2.45) is 0 Å². The molecule has 0 fully saturated rings. The van der Waals surface area contributed by atoms with Crippen LogP contribution in [0.2, 0.25) is 0 Å². The minimum absolute atomic E-state index is 0.572. The molecule has 1 aromatic heterocycles. The van der Waals surface area contributed by atoms with Gasteiger partial charge in [0.15, 0.2) is 11.5 Å². The summed E-state index contributed by atoms with van der Waals surface area (Å²) in [5.41, 5.74) is 2.79. The lowest BCUT2D eigenvalue weighted by Crippen LogP contribution is -2.03.